The Morgan fingerprint density at radius 1 is 1.53 bits per heavy atom. The Morgan fingerprint density at radius 3 is 2.71 bits per heavy atom. The van der Waals surface area contributed by atoms with Crippen LogP contribution in [0.15, 0.2) is 29.7 Å². The van der Waals surface area contributed by atoms with Crippen LogP contribution in [-0.2, 0) is 10.0 Å². The Hall–Kier alpha value is -1.53. The van der Waals surface area contributed by atoms with Gasteiger partial charge in [0.25, 0.3) is 0 Å². The van der Waals surface area contributed by atoms with Crippen molar-refractivity contribution in [2.75, 3.05) is 19.4 Å². The molecule has 6 heteroatoms. The minimum absolute atomic E-state index is 0.0324. The lowest BCUT2D eigenvalue weighted by molar-refractivity contribution is 0.402. The van der Waals surface area contributed by atoms with E-state index in [0.717, 1.165) is 5.56 Å². The lowest BCUT2D eigenvalue weighted by atomic mass is 10.2. The van der Waals surface area contributed by atoms with Crippen LogP contribution in [-0.4, -0.2) is 22.1 Å². The first-order valence-corrected chi connectivity index (χ1v) is 6.45. The van der Waals surface area contributed by atoms with E-state index >= 15 is 0 Å². The fourth-order valence-corrected chi connectivity index (χ4v) is 2.48. The summed E-state index contributed by atoms with van der Waals surface area (Å²) in [7, 11) is -2.22. The number of nitrogens with one attached hydrogen (secondary N) is 1. The molecule has 0 saturated carbocycles. The van der Waals surface area contributed by atoms with Gasteiger partial charge >= 0.3 is 0 Å². The van der Waals surface area contributed by atoms with E-state index in [1.165, 1.54) is 19.3 Å². The minimum Gasteiger partial charge on any atom is -0.495 e. The highest BCUT2D eigenvalue weighted by molar-refractivity contribution is 7.89. The highest BCUT2D eigenvalue weighted by Crippen LogP contribution is 2.28. The van der Waals surface area contributed by atoms with Crippen LogP contribution in [0.4, 0.5) is 5.69 Å². The van der Waals surface area contributed by atoms with E-state index in [4.69, 9.17) is 10.5 Å². The summed E-state index contributed by atoms with van der Waals surface area (Å²) in [5.41, 5.74) is 6.88. The smallest absolute Gasteiger partial charge is 0.244 e. The average molecular weight is 256 g/mol. The number of ether oxygens (including phenoxy) is 1. The summed E-state index contributed by atoms with van der Waals surface area (Å²) in [4.78, 5) is 0.0324. The zero-order chi connectivity index (χ0) is 13.1. The minimum atomic E-state index is -3.63. The molecule has 0 aliphatic heterocycles. The number of nitrogens with two attached hydrogens (primary N) is 1. The second-order valence-corrected chi connectivity index (χ2v) is 5.24. The van der Waals surface area contributed by atoms with Gasteiger partial charge in [0, 0.05) is 12.2 Å². The quantitative estimate of drug-likeness (QED) is 0.609. The fourth-order valence-electron chi connectivity index (χ4n) is 1.29. The van der Waals surface area contributed by atoms with Gasteiger partial charge in [0.1, 0.15) is 10.6 Å². The van der Waals surface area contributed by atoms with E-state index in [2.05, 4.69) is 11.3 Å². The highest BCUT2D eigenvalue weighted by atomic mass is 32.2. The number of rotatable bonds is 5. The Balaban J connectivity index is 3.29. The summed E-state index contributed by atoms with van der Waals surface area (Å²) in [5, 5.41) is 0. The molecule has 0 amide bonds. The van der Waals surface area contributed by atoms with Gasteiger partial charge in [0.05, 0.1) is 7.11 Å². The second kappa shape index (κ2) is 5.20. The molecule has 0 atom stereocenters. The van der Waals surface area contributed by atoms with E-state index in [9.17, 15) is 8.42 Å². The maximum Gasteiger partial charge on any atom is 0.244 e. The Kier molecular flexibility index (Phi) is 4.14. The van der Waals surface area contributed by atoms with Gasteiger partial charge in [-0.05, 0) is 24.6 Å². The van der Waals surface area contributed by atoms with Gasteiger partial charge in [-0.3, -0.25) is 0 Å². The molecule has 0 bridgehead atoms. The molecule has 17 heavy (non-hydrogen) atoms. The summed E-state index contributed by atoms with van der Waals surface area (Å²) in [6, 6.07) is 2.98. The van der Waals surface area contributed by atoms with Crippen molar-refractivity contribution in [3.63, 3.8) is 0 Å². The molecule has 0 spiro atoms. The van der Waals surface area contributed by atoms with Crippen molar-refractivity contribution in [2.24, 2.45) is 0 Å². The first-order chi connectivity index (χ1) is 7.92. The van der Waals surface area contributed by atoms with Gasteiger partial charge in [-0.2, -0.15) is 0 Å². The van der Waals surface area contributed by atoms with Crippen molar-refractivity contribution < 1.29 is 13.2 Å². The molecule has 0 fully saturated rings. The largest absolute Gasteiger partial charge is 0.495 e. The van der Waals surface area contributed by atoms with Crippen molar-refractivity contribution >= 4 is 15.7 Å². The van der Waals surface area contributed by atoms with Crippen LogP contribution < -0.4 is 15.2 Å². The summed E-state index contributed by atoms with van der Waals surface area (Å²) in [6.07, 6.45) is 1.46. The predicted octanol–water partition coefficient (Wildman–Crippen LogP) is 1.05. The molecule has 1 rings (SSSR count). The average Bonchev–Trinajstić information content (AvgIpc) is 2.29. The molecular weight excluding hydrogens is 240 g/mol. The Labute approximate surface area is 101 Å². The van der Waals surface area contributed by atoms with Crippen molar-refractivity contribution in [3.05, 3.63) is 30.4 Å². The van der Waals surface area contributed by atoms with Crippen LogP contribution in [0.3, 0.4) is 0 Å². The lowest BCUT2D eigenvalue weighted by Crippen LogP contribution is -2.24. The number of methoxy groups -OCH3 is 1. The van der Waals surface area contributed by atoms with Crippen LogP contribution in [0.1, 0.15) is 5.56 Å². The third kappa shape index (κ3) is 2.98. The number of aryl methyl sites for hydroxylation is 1. The summed E-state index contributed by atoms with van der Waals surface area (Å²) >= 11 is 0. The van der Waals surface area contributed by atoms with E-state index in [1.807, 2.05) is 0 Å². The van der Waals surface area contributed by atoms with Crippen molar-refractivity contribution in [1.82, 2.24) is 4.72 Å². The zero-order valence-electron chi connectivity index (χ0n) is 9.86. The topological polar surface area (TPSA) is 81.4 Å². The van der Waals surface area contributed by atoms with E-state index in [-0.39, 0.29) is 17.2 Å². The van der Waals surface area contributed by atoms with Gasteiger partial charge in [-0.25, -0.2) is 13.1 Å². The van der Waals surface area contributed by atoms with E-state index < -0.39 is 10.0 Å². The zero-order valence-corrected chi connectivity index (χ0v) is 10.7. The van der Waals surface area contributed by atoms with Gasteiger partial charge in [-0.15, -0.1) is 6.58 Å². The van der Waals surface area contributed by atoms with Gasteiger partial charge in [-0.1, -0.05) is 6.08 Å². The number of benzene rings is 1. The normalized spacial score (nSPS) is 11.2. The molecule has 0 aliphatic rings. The van der Waals surface area contributed by atoms with Gasteiger partial charge < -0.3 is 10.5 Å². The van der Waals surface area contributed by atoms with Crippen LogP contribution >= 0.6 is 0 Å². The standard InChI is InChI=1S/C11H16N2O3S/c1-4-5-13-17(14,15)11-7-9(12)8(2)6-10(11)16-3/h4,6-7,13H,1,5,12H2,2-3H3. The van der Waals surface area contributed by atoms with Gasteiger partial charge in [0.15, 0.2) is 0 Å². The van der Waals surface area contributed by atoms with Crippen LogP contribution in [0.5, 0.6) is 5.75 Å². The maximum absolute atomic E-state index is 11.9. The molecule has 94 valence electrons. The molecule has 0 saturated heterocycles. The molecule has 1 aromatic carbocycles. The molecule has 1 aromatic rings. The molecule has 0 heterocycles. The molecular formula is C11H16N2O3S. The highest BCUT2D eigenvalue weighted by Gasteiger charge is 2.19. The van der Waals surface area contributed by atoms with Gasteiger partial charge in [0.2, 0.25) is 10.0 Å². The number of sulfonamides is 1. The van der Waals surface area contributed by atoms with Crippen LogP contribution in [0.25, 0.3) is 0 Å². The summed E-state index contributed by atoms with van der Waals surface area (Å²) in [5.74, 6) is 0.272. The molecule has 0 radical (unpaired) electrons. The predicted molar refractivity (Wildman–Crippen MR) is 67.5 cm³/mol. The number of hydrogen-bond acceptors (Lipinski definition) is 4. The Bertz CT molecular complexity index is 524. The molecule has 3 N–H and O–H groups in total. The summed E-state index contributed by atoms with van der Waals surface area (Å²) < 4.78 is 31.3. The molecule has 0 unspecified atom stereocenters. The third-order valence-corrected chi connectivity index (χ3v) is 3.70. The van der Waals surface area contributed by atoms with Crippen molar-refractivity contribution in [2.45, 2.75) is 11.8 Å². The van der Waals surface area contributed by atoms with Crippen LogP contribution in [0, 0.1) is 6.92 Å². The lowest BCUT2D eigenvalue weighted by Gasteiger charge is -2.12. The Morgan fingerprint density at radius 2 is 2.18 bits per heavy atom. The second-order valence-electron chi connectivity index (χ2n) is 3.50. The first kappa shape index (κ1) is 13.5. The number of anilines is 1. The summed E-state index contributed by atoms with van der Waals surface area (Å²) in [6.45, 7) is 5.38. The molecule has 0 aromatic heterocycles. The molecule has 5 nitrogen and oxygen atoms in total. The monoisotopic (exact) mass is 256 g/mol. The van der Waals surface area contributed by atoms with E-state index in [0.29, 0.717) is 5.69 Å². The van der Waals surface area contributed by atoms with E-state index in [1.54, 1.807) is 13.0 Å². The number of hydrogen-bond donors (Lipinski definition) is 2. The van der Waals surface area contributed by atoms with Crippen LogP contribution in [0.2, 0.25) is 0 Å². The number of nitrogen functional groups attached to an aromatic ring is 1. The first-order valence-electron chi connectivity index (χ1n) is 4.97. The third-order valence-electron chi connectivity index (χ3n) is 2.26. The van der Waals surface area contributed by atoms with Crippen molar-refractivity contribution in [1.29, 1.82) is 0 Å². The maximum atomic E-state index is 11.9. The van der Waals surface area contributed by atoms with Crippen molar-refractivity contribution in [3.8, 4) is 5.75 Å². The fraction of sp³-hybridized carbons (Fsp3) is 0.273. The SMILES string of the molecule is C=CCNS(=O)(=O)c1cc(N)c(C)cc1OC. The molecule has 0 aliphatic carbocycles.